The van der Waals surface area contributed by atoms with Crippen LogP contribution in [0.4, 0.5) is 0 Å². The zero-order valence-corrected chi connectivity index (χ0v) is 26.2. The fourth-order valence-electron chi connectivity index (χ4n) is 4.89. The van der Waals surface area contributed by atoms with Crippen molar-refractivity contribution in [3.63, 3.8) is 0 Å². The quantitative estimate of drug-likeness (QED) is 0.0514. The minimum absolute atomic E-state index is 0.0577. The maximum atomic E-state index is 12.5. The lowest BCUT2D eigenvalue weighted by molar-refractivity contribution is -0.147. The number of esters is 1. The predicted molar refractivity (Wildman–Crippen MR) is 166 cm³/mol. The maximum Gasteiger partial charge on any atom is 0.322 e. The molecule has 0 heterocycles. The van der Waals surface area contributed by atoms with Crippen LogP contribution in [-0.4, -0.2) is 35.6 Å². The third-order valence-electron chi connectivity index (χ3n) is 7.42. The third kappa shape index (κ3) is 29.1. The van der Waals surface area contributed by atoms with Crippen molar-refractivity contribution < 1.29 is 24.2 Å². The zero-order valence-electron chi connectivity index (χ0n) is 26.2. The number of nitrogens with one attached hydrogen (secondary N) is 1. The zero-order chi connectivity index (χ0) is 29.5. The van der Waals surface area contributed by atoms with Crippen LogP contribution >= 0.6 is 0 Å². The number of aliphatic carboxylic acids is 1. The molecule has 0 aliphatic carbocycles. The van der Waals surface area contributed by atoms with Crippen molar-refractivity contribution in [1.29, 1.82) is 0 Å². The van der Waals surface area contributed by atoms with Crippen molar-refractivity contribution >= 4 is 17.8 Å². The van der Waals surface area contributed by atoms with Gasteiger partial charge >= 0.3 is 11.9 Å². The minimum atomic E-state index is -1.02. The average Bonchev–Trinajstić information content (AvgIpc) is 2.93. The Balaban J connectivity index is 4.20. The van der Waals surface area contributed by atoms with Gasteiger partial charge in [0.2, 0.25) is 5.91 Å². The highest BCUT2D eigenvalue weighted by molar-refractivity contribution is 5.80. The van der Waals surface area contributed by atoms with E-state index in [2.05, 4.69) is 31.3 Å². The molecule has 0 aliphatic heterocycles. The molecular weight excluding hydrogens is 502 g/mol. The van der Waals surface area contributed by atoms with Gasteiger partial charge in [0.15, 0.2) is 0 Å². The van der Waals surface area contributed by atoms with Gasteiger partial charge in [-0.1, -0.05) is 129 Å². The fourth-order valence-corrected chi connectivity index (χ4v) is 4.89. The lowest BCUT2D eigenvalue weighted by Crippen LogP contribution is -2.28. The molecule has 0 saturated heterocycles. The summed E-state index contributed by atoms with van der Waals surface area (Å²) in [5.74, 6) is -1.27. The van der Waals surface area contributed by atoms with Crippen LogP contribution in [0.2, 0.25) is 0 Å². The number of amides is 1. The van der Waals surface area contributed by atoms with Gasteiger partial charge < -0.3 is 15.2 Å². The highest BCUT2D eigenvalue weighted by atomic mass is 16.5. The highest BCUT2D eigenvalue weighted by Crippen LogP contribution is 2.16. The molecule has 1 unspecified atom stereocenters. The van der Waals surface area contributed by atoms with Crippen LogP contribution in [0.1, 0.15) is 174 Å². The van der Waals surface area contributed by atoms with E-state index < -0.39 is 5.97 Å². The first kappa shape index (κ1) is 38.1. The topological polar surface area (TPSA) is 92.7 Å². The largest absolute Gasteiger partial charge is 0.480 e. The molecular formula is C34H63NO5. The molecule has 0 aromatic carbocycles. The first-order valence-electron chi connectivity index (χ1n) is 16.8. The number of unbranched alkanes of at least 4 members (excludes halogenated alkanes) is 19. The SMILES string of the molecule is CCCCCCCCC/C=C\C(CCCCCCCCC(=O)NCC(=O)O)OC(=O)CCCCCCCCCC. The van der Waals surface area contributed by atoms with E-state index in [-0.39, 0.29) is 24.5 Å². The second kappa shape index (κ2) is 30.1. The summed E-state index contributed by atoms with van der Waals surface area (Å²) in [6.45, 7) is 4.18. The van der Waals surface area contributed by atoms with E-state index >= 15 is 0 Å². The molecule has 0 rings (SSSR count). The van der Waals surface area contributed by atoms with E-state index in [0.717, 1.165) is 64.2 Å². The summed E-state index contributed by atoms with van der Waals surface area (Å²) < 4.78 is 5.88. The molecule has 0 aliphatic rings. The molecule has 6 nitrogen and oxygen atoms in total. The summed E-state index contributed by atoms with van der Waals surface area (Å²) in [5.41, 5.74) is 0. The number of hydrogen-bond acceptors (Lipinski definition) is 4. The Kier molecular flexibility index (Phi) is 28.7. The molecule has 0 spiro atoms. The van der Waals surface area contributed by atoms with Crippen LogP contribution in [-0.2, 0) is 19.1 Å². The van der Waals surface area contributed by atoms with Gasteiger partial charge in [-0.05, 0) is 44.6 Å². The highest BCUT2D eigenvalue weighted by Gasteiger charge is 2.11. The van der Waals surface area contributed by atoms with E-state index in [1.165, 1.54) is 83.5 Å². The number of ether oxygens (including phenoxy) is 1. The van der Waals surface area contributed by atoms with Crippen molar-refractivity contribution in [2.75, 3.05) is 6.54 Å². The number of carbonyl (C=O) groups excluding carboxylic acids is 2. The van der Waals surface area contributed by atoms with Crippen LogP contribution in [0.25, 0.3) is 0 Å². The Labute approximate surface area is 246 Å². The molecule has 2 N–H and O–H groups in total. The fraction of sp³-hybridized carbons (Fsp3) is 0.853. The number of allylic oxidation sites excluding steroid dienone is 1. The second-order valence-corrected chi connectivity index (χ2v) is 11.4. The first-order valence-corrected chi connectivity index (χ1v) is 16.8. The number of carbonyl (C=O) groups is 3. The standard InChI is InChI=1S/C34H63NO5/c1-3-5-7-9-11-13-14-18-22-26-31(40-34(39)29-25-21-15-12-10-8-6-4-2)27-23-19-16-17-20-24-28-32(36)35-30-33(37)38/h22,26,31H,3-21,23-25,27-30H2,1-2H3,(H,35,36)(H,37,38)/b26-22-. The average molecular weight is 566 g/mol. The summed E-state index contributed by atoms with van der Waals surface area (Å²) in [7, 11) is 0. The molecule has 1 amide bonds. The van der Waals surface area contributed by atoms with Gasteiger partial charge in [0.1, 0.15) is 12.6 Å². The summed E-state index contributed by atoms with van der Waals surface area (Å²) in [5, 5.41) is 11.0. The van der Waals surface area contributed by atoms with Gasteiger partial charge in [-0.3, -0.25) is 14.4 Å². The Morgan fingerprint density at radius 3 is 1.68 bits per heavy atom. The van der Waals surface area contributed by atoms with Crippen LogP contribution < -0.4 is 5.32 Å². The third-order valence-corrected chi connectivity index (χ3v) is 7.42. The van der Waals surface area contributed by atoms with Gasteiger partial charge in [0.05, 0.1) is 0 Å². The van der Waals surface area contributed by atoms with Gasteiger partial charge in [-0.15, -0.1) is 0 Å². The molecule has 1 atom stereocenters. The number of hydrogen-bond donors (Lipinski definition) is 2. The predicted octanol–water partition coefficient (Wildman–Crippen LogP) is 9.45. The monoisotopic (exact) mass is 565 g/mol. The maximum absolute atomic E-state index is 12.5. The molecule has 40 heavy (non-hydrogen) atoms. The lowest BCUT2D eigenvalue weighted by Gasteiger charge is -2.15. The van der Waals surface area contributed by atoms with E-state index in [9.17, 15) is 14.4 Å². The lowest BCUT2D eigenvalue weighted by atomic mass is 10.0. The molecule has 0 saturated carbocycles. The van der Waals surface area contributed by atoms with E-state index in [1.807, 2.05) is 0 Å². The van der Waals surface area contributed by atoms with Crippen LogP contribution in [0.5, 0.6) is 0 Å². The molecule has 0 bridgehead atoms. The Bertz CT molecular complexity index is 634. The van der Waals surface area contributed by atoms with Gasteiger partial charge in [-0.2, -0.15) is 0 Å². The van der Waals surface area contributed by atoms with Crippen LogP contribution in [0.15, 0.2) is 12.2 Å². The number of carboxylic acids is 1. The molecule has 6 heteroatoms. The van der Waals surface area contributed by atoms with E-state index in [1.54, 1.807) is 0 Å². The Morgan fingerprint density at radius 1 is 0.650 bits per heavy atom. The molecule has 0 fully saturated rings. The number of carboxylic acid groups (broad SMARTS) is 1. The summed E-state index contributed by atoms with van der Waals surface area (Å²) >= 11 is 0. The number of rotatable bonds is 30. The van der Waals surface area contributed by atoms with Crippen molar-refractivity contribution in [1.82, 2.24) is 5.32 Å². The summed E-state index contributed by atoms with van der Waals surface area (Å²) in [6, 6.07) is 0. The van der Waals surface area contributed by atoms with Crippen molar-refractivity contribution in [2.45, 2.75) is 180 Å². The Hall–Kier alpha value is -1.85. The van der Waals surface area contributed by atoms with E-state index in [0.29, 0.717) is 12.8 Å². The molecule has 0 aromatic rings. The summed E-state index contributed by atoms with van der Waals surface area (Å²) in [4.78, 5) is 34.6. The van der Waals surface area contributed by atoms with E-state index in [4.69, 9.17) is 9.84 Å². The van der Waals surface area contributed by atoms with Crippen molar-refractivity contribution in [3.8, 4) is 0 Å². The van der Waals surface area contributed by atoms with Crippen molar-refractivity contribution in [3.05, 3.63) is 12.2 Å². The van der Waals surface area contributed by atoms with Gasteiger partial charge in [0, 0.05) is 12.8 Å². The molecule has 0 aromatic heterocycles. The normalized spacial score (nSPS) is 12.1. The van der Waals surface area contributed by atoms with Crippen LogP contribution in [0, 0.1) is 0 Å². The minimum Gasteiger partial charge on any atom is -0.480 e. The molecule has 0 radical (unpaired) electrons. The van der Waals surface area contributed by atoms with Crippen molar-refractivity contribution in [2.24, 2.45) is 0 Å². The van der Waals surface area contributed by atoms with Crippen LogP contribution in [0.3, 0.4) is 0 Å². The van der Waals surface area contributed by atoms with Gasteiger partial charge in [0.25, 0.3) is 0 Å². The Morgan fingerprint density at radius 2 is 1.12 bits per heavy atom. The summed E-state index contributed by atoms with van der Waals surface area (Å²) in [6.07, 6.45) is 32.0. The smallest absolute Gasteiger partial charge is 0.322 e. The first-order chi connectivity index (χ1) is 19.5. The van der Waals surface area contributed by atoms with Gasteiger partial charge in [-0.25, -0.2) is 0 Å². The second-order valence-electron chi connectivity index (χ2n) is 11.4. The molecule has 234 valence electrons.